The molecule has 1 N–H and O–H groups in total. The van der Waals surface area contributed by atoms with Gasteiger partial charge in [0, 0.05) is 13.0 Å². The van der Waals surface area contributed by atoms with Gasteiger partial charge < -0.3 is 4.74 Å². The molecule has 0 radical (unpaired) electrons. The SMILES string of the molecule is Cc1ccc(C)c(S(=O)(=O)NCc2ccc3c(c2)CCO3)c1. The molecule has 0 bridgehead atoms. The molecule has 0 spiro atoms. The summed E-state index contributed by atoms with van der Waals surface area (Å²) in [5.41, 5.74) is 3.77. The van der Waals surface area contributed by atoms with Gasteiger partial charge in [-0.2, -0.15) is 0 Å². The van der Waals surface area contributed by atoms with Crippen molar-refractivity contribution < 1.29 is 13.2 Å². The van der Waals surface area contributed by atoms with E-state index in [1.54, 1.807) is 13.0 Å². The third-order valence-electron chi connectivity index (χ3n) is 3.85. The van der Waals surface area contributed by atoms with E-state index in [1.807, 2.05) is 37.3 Å². The van der Waals surface area contributed by atoms with Gasteiger partial charge in [-0.1, -0.05) is 24.3 Å². The second kappa shape index (κ2) is 5.74. The summed E-state index contributed by atoms with van der Waals surface area (Å²) in [4.78, 5) is 0.344. The van der Waals surface area contributed by atoms with Crippen LogP contribution in [-0.4, -0.2) is 15.0 Å². The van der Waals surface area contributed by atoms with E-state index in [4.69, 9.17) is 4.74 Å². The van der Waals surface area contributed by atoms with E-state index in [0.29, 0.717) is 11.5 Å². The number of nitrogens with one attached hydrogen (secondary N) is 1. The Labute approximate surface area is 131 Å². The molecule has 0 amide bonds. The number of benzene rings is 2. The largest absolute Gasteiger partial charge is 0.493 e. The molecule has 4 nitrogen and oxygen atoms in total. The van der Waals surface area contributed by atoms with Gasteiger partial charge in [0.15, 0.2) is 0 Å². The number of sulfonamides is 1. The molecule has 3 rings (SSSR count). The lowest BCUT2D eigenvalue weighted by Crippen LogP contribution is -2.24. The van der Waals surface area contributed by atoms with Crippen molar-refractivity contribution in [1.82, 2.24) is 4.72 Å². The summed E-state index contributed by atoms with van der Waals surface area (Å²) < 4.78 is 33.1. The van der Waals surface area contributed by atoms with Crippen molar-refractivity contribution in [2.75, 3.05) is 6.61 Å². The zero-order valence-electron chi connectivity index (χ0n) is 12.7. The molecule has 0 atom stereocenters. The standard InChI is InChI=1S/C17H19NO3S/c1-12-3-4-13(2)17(9-12)22(19,20)18-11-14-5-6-16-15(10-14)7-8-21-16/h3-6,9-10,18H,7-8,11H2,1-2H3. The minimum atomic E-state index is -3.51. The molecule has 0 fully saturated rings. The van der Waals surface area contributed by atoms with Crippen LogP contribution in [0.15, 0.2) is 41.3 Å². The zero-order valence-corrected chi connectivity index (χ0v) is 13.5. The number of hydrogen-bond donors (Lipinski definition) is 1. The molecule has 1 aliphatic rings. The van der Waals surface area contributed by atoms with Crippen LogP contribution in [-0.2, 0) is 23.0 Å². The topological polar surface area (TPSA) is 55.4 Å². The van der Waals surface area contributed by atoms with Gasteiger partial charge in [-0.3, -0.25) is 0 Å². The monoisotopic (exact) mass is 317 g/mol. The molecule has 0 saturated carbocycles. The minimum absolute atomic E-state index is 0.281. The summed E-state index contributed by atoms with van der Waals surface area (Å²) >= 11 is 0. The molecule has 22 heavy (non-hydrogen) atoms. The van der Waals surface area contributed by atoms with E-state index >= 15 is 0 Å². The van der Waals surface area contributed by atoms with Crippen LogP contribution < -0.4 is 9.46 Å². The average molecular weight is 317 g/mol. The van der Waals surface area contributed by atoms with Gasteiger partial charge in [-0.05, 0) is 48.2 Å². The maximum atomic E-state index is 12.5. The fourth-order valence-electron chi connectivity index (χ4n) is 2.60. The molecule has 2 aromatic carbocycles. The first-order valence-electron chi connectivity index (χ1n) is 7.27. The molecule has 0 unspecified atom stereocenters. The van der Waals surface area contributed by atoms with Gasteiger partial charge >= 0.3 is 0 Å². The minimum Gasteiger partial charge on any atom is -0.493 e. The number of hydrogen-bond acceptors (Lipinski definition) is 3. The van der Waals surface area contributed by atoms with Crippen molar-refractivity contribution in [1.29, 1.82) is 0 Å². The van der Waals surface area contributed by atoms with E-state index < -0.39 is 10.0 Å². The maximum absolute atomic E-state index is 12.5. The van der Waals surface area contributed by atoms with E-state index in [1.165, 1.54) is 0 Å². The lowest BCUT2D eigenvalue weighted by atomic mass is 10.1. The molecule has 2 aromatic rings. The number of fused-ring (bicyclic) bond motifs is 1. The Morgan fingerprint density at radius 2 is 1.95 bits per heavy atom. The Balaban J connectivity index is 1.79. The Morgan fingerprint density at radius 1 is 1.14 bits per heavy atom. The van der Waals surface area contributed by atoms with Gasteiger partial charge in [0.1, 0.15) is 5.75 Å². The summed E-state index contributed by atoms with van der Waals surface area (Å²) in [6.07, 6.45) is 0.882. The normalized spacial score (nSPS) is 13.7. The van der Waals surface area contributed by atoms with Crippen LogP contribution in [0.1, 0.15) is 22.3 Å². The first kappa shape index (κ1) is 15.1. The van der Waals surface area contributed by atoms with E-state index in [-0.39, 0.29) is 6.54 Å². The predicted octanol–water partition coefficient (Wildman–Crippen LogP) is 2.72. The van der Waals surface area contributed by atoms with Crippen molar-refractivity contribution in [3.8, 4) is 5.75 Å². The van der Waals surface area contributed by atoms with Crippen molar-refractivity contribution in [3.05, 3.63) is 58.7 Å². The van der Waals surface area contributed by atoms with E-state index in [0.717, 1.165) is 34.4 Å². The predicted molar refractivity (Wildman–Crippen MR) is 85.6 cm³/mol. The molecule has 116 valence electrons. The lowest BCUT2D eigenvalue weighted by Gasteiger charge is -2.11. The Hall–Kier alpha value is -1.85. The second-order valence-electron chi connectivity index (χ2n) is 5.63. The van der Waals surface area contributed by atoms with Gasteiger partial charge in [-0.25, -0.2) is 13.1 Å². The quantitative estimate of drug-likeness (QED) is 0.943. The highest BCUT2D eigenvalue weighted by Gasteiger charge is 2.17. The first-order valence-corrected chi connectivity index (χ1v) is 8.75. The van der Waals surface area contributed by atoms with Gasteiger partial charge in [0.05, 0.1) is 11.5 Å². The second-order valence-corrected chi connectivity index (χ2v) is 7.37. The van der Waals surface area contributed by atoms with Crippen LogP contribution in [0, 0.1) is 13.8 Å². The van der Waals surface area contributed by atoms with Crippen molar-refractivity contribution in [3.63, 3.8) is 0 Å². The summed E-state index contributed by atoms with van der Waals surface area (Å²) in [6.45, 7) is 4.68. The highest BCUT2D eigenvalue weighted by molar-refractivity contribution is 7.89. The van der Waals surface area contributed by atoms with Crippen molar-refractivity contribution >= 4 is 10.0 Å². The van der Waals surface area contributed by atoms with Crippen LogP contribution in [0.2, 0.25) is 0 Å². The van der Waals surface area contributed by atoms with Crippen LogP contribution in [0.4, 0.5) is 0 Å². The highest BCUT2D eigenvalue weighted by atomic mass is 32.2. The van der Waals surface area contributed by atoms with Crippen molar-refractivity contribution in [2.45, 2.75) is 31.7 Å². The van der Waals surface area contributed by atoms with Gasteiger partial charge in [-0.15, -0.1) is 0 Å². The number of ether oxygens (including phenoxy) is 1. The third kappa shape index (κ3) is 3.00. The zero-order chi connectivity index (χ0) is 15.7. The van der Waals surface area contributed by atoms with E-state index in [2.05, 4.69) is 4.72 Å². The Kier molecular flexibility index (Phi) is 3.93. The fourth-order valence-corrected chi connectivity index (χ4v) is 3.95. The molecule has 0 saturated heterocycles. The maximum Gasteiger partial charge on any atom is 0.241 e. The summed E-state index contributed by atoms with van der Waals surface area (Å²) in [5, 5.41) is 0. The molecular formula is C17H19NO3S. The third-order valence-corrected chi connectivity index (χ3v) is 5.40. The van der Waals surface area contributed by atoms with Gasteiger partial charge in [0.25, 0.3) is 0 Å². The summed E-state index contributed by atoms with van der Waals surface area (Å²) in [6, 6.07) is 11.3. The fraction of sp³-hybridized carbons (Fsp3) is 0.294. The van der Waals surface area contributed by atoms with Crippen LogP contribution >= 0.6 is 0 Å². The number of rotatable bonds is 4. The highest BCUT2D eigenvalue weighted by Crippen LogP contribution is 2.26. The first-order chi connectivity index (χ1) is 10.5. The summed E-state index contributed by atoms with van der Waals surface area (Å²) in [7, 11) is -3.51. The molecule has 1 heterocycles. The average Bonchev–Trinajstić information content (AvgIpc) is 2.95. The summed E-state index contributed by atoms with van der Waals surface area (Å²) in [5.74, 6) is 0.904. The molecule has 5 heteroatoms. The lowest BCUT2D eigenvalue weighted by molar-refractivity contribution is 0.357. The molecule has 0 aliphatic carbocycles. The number of aryl methyl sites for hydroxylation is 2. The molecule has 0 aromatic heterocycles. The van der Waals surface area contributed by atoms with Gasteiger partial charge in [0.2, 0.25) is 10.0 Å². The van der Waals surface area contributed by atoms with E-state index in [9.17, 15) is 8.42 Å². The van der Waals surface area contributed by atoms with Crippen LogP contribution in [0.25, 0.3) is 0 Å². The Bertz CT molecular complexity index is 813. The molecular weight excluding hydrogens is 298 g/mol. The Morgan fingerprint density at radius 3 is 2.77 bits per heavy atom. The van der Waals surface area contributed by atoms with Crippen LogP contribution in [0.3, 0.4) is 0 Å². The molecule has 1 aliphatic heterocycles. The van der Waals surface area contributed by atoms with Crippen molar-refractivity contribution in [2.24, 2.45) is 0 Å². The smallest absolute Gasteiger partial charge is 0.241 e. The van der Waals surface area contributed by atoms with Crippen LogP contribution in [0.5, 0.6) is 5.75 Å².